The minimum atomic E-state index is -3.79. The summed E-state index contributed by atoms with van der Waals surface area (Å²) < 4.78 is 38.4. The van der Waals surface area contributed by atoms with Crippen LogP contribution >= 0.6 is 23.2 Å². The molecule has 1 aliphatic carbocycles. The Labute approximate surface area is 264 Å². The summed E-state index contributed by atoms with van der Waals surface area (Å²) in [6.07, 6.45) is 8.25. The van der Waals surface area contributed by atoms with E-state index in [4.69, 9.17) is 27.9 Å². The highest BCUT2D eigenvalue weighted by molar-refractivity contribution is 7.91. The van der Waals surface area contributed by atoms with E-state index in [1.54, 1.807) is 50.3 Å². The monoisotopic (exact) mass is 657 g/mol. The van der Waals surface area contributed by atoms with E-state index < -0.39 is 32.5 Å². The lowest BCUT2D eigenvalue weighted by molar-refractivity contribution is -0.114. The molecule has 0 bridgehead atoms. The molecule has 230 valence electrons. The summed E-state index contributed by atoms with van der Waals surface area (Å²) in [6.45, 7) is 5.40. The van der Waals surface area contributed by atoms with Gasteiger partial charge in [-0.2, -0.15) is 10.4 Å². The van der Waals surface area contributed by atoms with E-state index in [0.29, 0.717) is 23.1 Å². The Hall–Kier alpha value is -4.31. The second-order valence-corrected chi connectivity index (χ2v) is 13.1. The lowest BCUT2D eigenvalue weighted by Gasteiger charge is -2.30. The molecule has 0 fully saturated rings. The molecule has 1 atom stereocenters. The number of fused-ring (bicyclic) bond motifs is 1. The van der Waals surface area contributed by atoms with Crippen molar-refractivity contribution in [1.82, 2.24) is 9.29 Å². The largest absolute Gasteiger partial charge is 0.454 e. The van der Waals surface area contributed by atoms with Gasteiger partial charge >= 0.3 is 6.09 Å². The van der Waals surface area contributed by atoms with Crippen LogP contribution in [-0.2, 0) is 19.6 Å². The highest BCUT2D eigenvalue weighted by Gasteiger charge is 2.40. The Kier molecular flexibility index (Phi) is 10.0. The number of nitrogens with zero attached hydrogens (tertiary/aromatic N) is 3. The summed E-state index contributed by atoms with van der Waals surface area (Å²) in [5.74, 6) is -0.588. The fourth-order valence-corrected chi connectivity index (χ4v) is 6.90. The number of hydrogen-bond acceptors (Lipinski definition) is 9. The Bertz CT molecular complexity index is 1840. The number of carbonyl (C=O) groups is 2. The van der Waals surface area contributed by atoms with Gasteiger partial charge in [0.15, 0.2) is 5.75 Å². The number of carbonyl (C=O) groups excluding carboxylic acids is 2. The smallest absolute Gasteiger partial charge is 0.414 e. The van der Waals surface area contributed by atoms with Crippen LogP contribution in [0.15, 0.2) is 71.5 Å². The molecular formula is C30H29Cl2N5O6S. The molecule has 44 heavy (non-hydrogen) atoms. The SMILES string of the molecule is CCCC1=CC=CC(C)(S(=O)(=O)n2ccc3cc(Oc4c(Cl)cc(NN=C(C#N)C(=O)NC(=O)OCC)cc4Cl)ccc32)C1. The first-order chi connectivity index (χ1) is 20.9. The van der Waals surface area contributed by atoms with Gasteiger partial charge < -0.3 is 9.47 Å². The first kappa shape index (κ1) is 32.6. The molecule has 3 aromatic rings. The molecule has 0 spiro atoms. The van der Waals surface area contributed by atoms with E-state index in [0.717, 1.165) is 18.4 Å². The number of halogens is 2. The summed E-state index contributed by atoms with van der Waals surface area (Å²) in [6, 6.07) is 11.0. The summed E-state index contributed by atoms with van der Waals surface area (Å²) in [5, 5.41) is 15.6. The van der Waals surface area contributed by atoms with Gasteiger partial charge in [0.25, 0.3) is 5.91 Å². The number of amides is 2. The van der Waals surface area contributed by atoms with Crippen molar-refractivity contribution in [2.75, 3.05) is 12.0 Å². The quantitative estimate of drug-likeness (QED) is 0.176. The second kappa shape index (κ2) is 13.5. The minimum absolute atomic E-state index is 0.0412. The van der Waals surface area contributed by atoms with Crippen molar-refractivity contribution in [3.8, 4) is 17.6 Å². The third kappa shape index (κ3) is 6.91. The van der Waals surface area contributed by atoms with Crippen molar-refractivity contribution in [3.05, 3.63) is 76.4 Å². The van der Waals surface area contributed by atoms with Crippen LogP contribution in [0, 0.1) is 11.3 Å². The van der Waals surface area contributed by atoms with Gasteiger partial charge in [-0.1, -0.05) is 60.3 Å². The average Bonchev–Trinajstić information content (AvgIpc) is 3.40. The molecule has 0 radical (unpaired) electrons. The maximum absolute atomic E-state index is 13.8. The molecule has 1 aromatic heterocycles. The van der Waals surface area contributed by atoms with Crippen LogP contribution in [0.2, 0.25) is 10.0 Å². The fourth-order valence-electron chi connectivity index (χ4n) is 4.63. The van der Waals surface area contributed by atoms with Gasteiger partial charge in [-0.3, -0.25) is 15.5 Å². The number of benzene rings is 2. The van der Waals surface area contributed by atoms with Crippen LogP contribution < -0.4 is 15.5 Å². The zero-order valence-electron chi connectivity index (χ0n) is 24.1. The number of alkyl carbamates (subject to hydrolysis) is 1. The number of hydrazone groups is 1. The summed E-state index contributed by atoms with van der Waals surface area (Å²) in [4.78, 5) is 23.5. The molecular weight excluding hydrogens is 629 g/mol. The van der Waals surface area contributed by atoms with E-state index in [1.807, 2.05) is 17.5 Å². The van der Waals surface area contributed by atoms with Crippen LogP contribution in [0.25, 0.3) is 10.9 Å². The number of nitrogens with one attached hydrogen (secondary N) is 2. The predicted octanol–water partition coefficient (Wildman–Crippen LogP) is 6.93. The molecule has 2 amide bonds. The first-order valence-corrected chi connectivity index (χ1v) is 15.7. The van der Waals surface area contributed by atoms with E-state index in [-0.39, 0.29) is 28.1 Å². The van der Waals surface area contributed by atoms with Crippen molar-refractivity contribution in [3.63, 3.8) is 0 Å². The Morgan fingerprint density at radius 2 is 1.89 bits per heavy atom. The highest BCUT2D eigenvalue weighted by Crippen LogP contribution is 2.40. The zero-order valence-corrected chi connectivity index (χ0v) is 26.4. The molecule has 2 N–H and O–H groups in total. The highest BCUT2D eigenvalue weighted by atomic mass is 35.5. The molecule has 2 aromatic carbocycles. The van der Waals surface area contributed by atoms with Crippen molar-refractivity contribution in [2.45, 2.75) is 44.8 Å². The maximum atomic E-state index is 13.8. The van der Waals surface area contributed by atoms with E-state index in [9.17, 15) is 23.3 Å². The number of rotatable bonds is 10. The molecule has 0 saturated heterocycles. The summed E-state index contributed by atoms with van der Waals surface area (Å²) in [5.41, 5.74) is 3.67. The third-order valence-electron chi connectivity index (χ3n) is 6.73. The zero-order chi connectivity index (χ0) is 32.1. The number of anilines is 1. The molecule has 1 aliphatic rings. The normalized spacial score (nSPS) is 16.6. The number of nitriles is 1. The molecule has 0 aliphatic heterocycles. The summed E-state index contributed by atoms with van der Waals surface area (Å²) >= 11 is 12.8. The van der Waals surface area contributed by atoms with Crippen LogP contribution in [0.5, 0.6) is 11.5 Å². The van der Waals surface area contributed by atoms with Crippen molar-refractivity contribution in [1.29, 1.82) is 5.26 Å². The molecule has 1 heterocycles. The lowest BCUT2D eigenvalue weighted by atomic mass is 9.92. The van der Waals surface area contributed by atoms with Crippen LogP contribution in [0.1, 0.15) is 40.0 Å². The maximum Gasteiger partial charge on any atom is 0.414 e. The van der Waals surface area contributed by atoms with Crippen LogP contribution in [-0.4, -0.2) is 41.5 Å². The van der Waals surface area contributed by atoms with Gasteiger partial charge in [-0.15, -0.1) is 0 Å². The standard InChI is InChI=1S/C30H29Cl2N5O6S/c1-4-7-19-8-6-12-30(3,17-19)44(40,41)37-13-11-20-14-22(9-10-26(20)37)43-27-23(31)15-21(16-24(27)32)35-36-25(18-33)28(38)34-29(39)42-5-2/h6,8-16,35H,4-5,7,17H2,1-3H3,(H,34,38,39). The van der Waals surface area contributed by atoms with E-state index >= 15 is 0 Å². The lowest BCUT2D eigenvalue weighted by Crippen LogP contribution is -2.38. The molecule has 0 saturated carbocycles. The van der Waals surface area contributed by atoms with E-state index in [2.05, 4.69) is 22.2 Å². The van der Waals surface area contributed by atoms with Gasteiger partial charge in [0.2, 0.25) is 15.7 Å². The second-order valence-electron chi connectivity index (χ2n) is 9.99. The molecule has 14 heteroatoms. The number of aromatic nitrogens is 1. The average molecular weight is 659 g/mol. The Balaban J connectivity index is 1.53. The topological polar surface area (TPSA) is 152 Å². The Morgan fingerprint density at radius 3 is 2.55 bits per heavy atom. The van der Waals surface area contributed by atoms with Crippen molar-refractivity contribution < 1.29 is 27.5 Å². The predicted molar refractivity (Wildman–Crippen MR) is 170 cm³/mol. The third-order valence-corrected chi connectivity index (χ3v) is 9.59. The number of ether oxygens (including phenoxy) is 2. The number of allylic oxidation sites excluding steroid dienone is 3. The van der Waals surface area contributed by atoms with Gasteiger partial charge in [-0.05, 0) is 63.1 Å². The molecule has 11 nitrogen and oxygen atoms in total. The van der Waals surface area contributed by atoms with E-state index in [1.165, 1.54) is 22.3 Å². The van der Waals surface area contributed by atoms with Crippen LogP contribution in [0.3, 0.4) is 0 Å². The number of hydrogen-bond donors (Lipinski definition) is 2. The molecule has 4 rings (SSSR count). The van der Waals surface area contributed by atoms with Crippen molar-refractivity contribution in [2.24, 2.45) is 5.10 Å². The molecule has 1 unspecified atom stereocenters. The van der Waals surface area contributed by atoms with Gasteiger partial charge in [0, 0.05) is 11.6 Å². The number of imide groups is 1. The first-order valence-electron chi connectivity index (χ1n) is 13.5. The van der Waals surface area contributed by atoms with Gasteiger partial charge in [0.05, 0.1) is 27.9 Å². The van der Waals surface area contributed by atoms with Crippen LogP contribution in [0.4, 0.5) is 10.5 Å². The Morgan fingerprint density at radius 1 is 1.16 bits per heavy atom. The summed E-state index contributed by atoms with van der Waals surface area (Å²) in [7, 11) is -3.79. The van der Waals surface area contributed by atoms with Crippen molar-refractivity contribution >= 4 is 67.5 Å². The van der Waals surface area contributed by atoms with Gasteiger partial charge in [0.1, 0.15) is 16.6 Å². The van der Waals surface area contributed by atoms with Gasteiger partial charge in [-0.25, -0.2) is 17.2 Å². The fraction of sp³-hybridized carbons (Fsp3) is 0.267. The minimum Gasteiger partial charge on any atom is -0.454 e.